The third-order valence-electron chi connectivity index (χ3n) is 3.53. The third kappa shape index (κ3) is 3.97. The molecule has 1 fully saturated rings. The summed E-state index contributed by atoms with van der Waals surface area (Å²) < 4.78 is 5.27. The van der Waals surface area contributed by atoms with E-state index in [1.807, 2.05) is 25.7 Å². The van der Waals surface area contributed by atoms with Crippen molar-refractivity contribution >= 4 is 5.91 Å². The van der Waals surface area contributed by atoms with Gasteiger partial charge in [0.25, 0.3) is 0 Å². The van der Waals surface area contributed by atoms with Crippen molar-refractivity contribution < 1.29 is 9.53 Å². The highest BCUT2D eigenvalue weighted by Crippen LogP contribution is 2.16. The van der Waals surface area contributed by atoms with Gasteiger partial charge in [-0.2, -0.15) is 5.26 Å². The molecule has 102 valence electrons. The van der Waals surface area contributed by atoms with Gasteiger partial charge in [-0.25, -0.2) is 0 Å². The first-order valence-corrected chi connectivity index (χ1v) is 6.36. The molecule has 0 aromatic rings. The molecule has 0 aliphatic carbocycles. The van der Waals surface area contributed by atoms with Crippen molar-refractivity contribution in [2.45, 2.75) is 38.8 Å². The molecule has 1 aliphatic heterocycles. The minimum atomic E-state index is -0.409. The van der Waals surface area contributed by atoms with Crippen molar-refractivity contribution in [3.63, 3.8) is 0 Å². The molecule has 1 amide bonds. The minimum absolute atomic E-state index is 0.0716. The van der Waals surface area contributed by atoms with Crippen LogP contribution >= 0.6 is 0 Å². The summed E-state index contributed by atoms with van der Waals surface area (Å²) in [6, 6.07) is 2.16. The summed E-state index contributed by atoms with van der Waals surface area (Å²) in [6.07, 6.45) is 0.400. The first-order chi connectivity index (χ1) is 8.39. The summed E-state index contributed by atoms with van der Waals surface area (Å²) in [6.45, 7) is 8.67. The van der Waals surface area contributed by atoms with Crippen LogP contribution < -0.4 is 0 Å². The zero-order valence-corrected chi connectivity index (χ0v) is 11.8. The van der Waals surface area contributed by atoms with Gasteiger partial charge in [-0.05, 0) is 20.8 Å². The topological polar surface area (TPSA) is 56.6 Å². The van der Waals surface area contributed by atoms with Crippen LogP contribution in [0.4, 0.5) is 0 Å². The second-order valence-corrected chi connectivity index (χ2v) is 5.36. The van der Waals surface area contributed by atoms with Crippen molar-refractivity contribution in [1.29, 1.82) is 5.26 Å². The Labute approximate surface area is 109 Å². The summed E-state index contributed by atoms with van der Waals surface area (Å²) >= 11 is 0. The van der Waals surface area contributed by atoms with E-state index in [1.54, 1.807) is 7.11 Å². The predicted octanol–water partition coefficient (Wildman–Crippen LogP) is 0.858. The number of ether oxygens (including phenoxy) is 1. The Balaban J connectivity index is 2.44. The number of nitriles is 1. The lowest BCUT2D eigenvalue weighted by Crippen LogP contribution is -2.52. The number of rotatable bonds is 4. The molecule has 5 heteroatoms. The summed E-state index contributed by atoms with van der Waals surface area (Å²) in [7, 11) is 1.62. The summed E-state index contributed by atoms with van der Waals surface area (Å²) in [4.78, 5) is 16.0. The highest BCUT2D eigenvalue weighted by Gasteiger charge is 2.28. The van der Waals surface area contributed by atoms with Gasteiger partial charge in [0.15, 0.2) is 0 Å². The van der Waals surface area contributed by atoms with Crippen molar-refractivity contribution in [1.82, 2.24) is 9.80 Å². The molecular weight excluding hydrogens is 230 g/mol. The van der Waals surface area contributed by atoms with Crippen LogP contribution in [-0.2, 0) is 9.53 Å². The maximum absolute atomic E-state index is 12.1. The monoisotopic (exact) mass is 253 g/mol. The van der Waals surface area contributed by atoms with Gasteiger partial charge in [0.1, 0.15) is 0 Å². The number of hydrogen-bond acceptors (Lipinski definition) is 4. The molecule has 18 heavy (non-hydrogen) atoms. The van der Waals surface area contributed by atoms with Crippen LogP contribution in [0.5, 0.6) is 0 Å². The average Bonchev–Trinajstić information content (AvgIpc) is 2.37. The van der Waals surface area contributed by atoms with Gasteiger partial charge in [-0.15, -0.1) is 0 Å². The van der Waals surface area contributed by atoms with Gasteiger partial charge in [-0.3, -0.25) is 9.69 Å². The predicted molar refractivity (Wildman–Crippen MR) is 68.9 cm³/mol. The van der Waals surface area contributed by atoms with E-state index in [4.69, 9.17) is 10.00 Å². The molecule has 1 unspecified atom stereocenters. The molecule has 0 saturated carbocycles. The number of hydrogen-bond donors (Lipinski definition) is 0. The quantitative estimate of drug-likeness (QED) is 0.745. The Kier molecular flexibility index (Phi) is 5.12. The number of nitrogens with zero attached hydrogens (tertiary/aromatic N) is 3. The zero-order valence-electron chi connectivity index (χ0n) is 11.8. The average molecular weight is 253 g/mol. The Morgan fingerprint density at radius 1 is 1.39 bits per heavy atom. The fourth-order valence-electron chi connectivity index (χ4n) is 1.99. The summed E-state index contributed by atoms with van der Waals surface area (Å²) in [5.74, 6) is 0.131. The van der Waals surface area contributed by atoms with Crippen LogP contribution in [0.2, 0.25) is 0 Å². The molecule has 0 N–H and O–H groups in total. The normalized spacial score (nSPS) is 19.4. The fraction of sp³-hybridized carbons (Fsp3) is 0.846. The second kappa shape index (κ2) is 6.17. The molecule has 0 radical (unpaired) electrons. The largest absolute Gasteiger partial charge is 0.378 e. The molecule has 0 spiro atoms. The summed E-state index contributed by atoms with van der Waals surface area (Å²) in [5, 5.41) is 8.86. The number of piperazine rings is 1. The highest BCUT2D eigenvalue weighted by atomic mass is 16.5. The Morgan fingerprint density at radius 3 is 2.39 bits per heavy atom. The molecule has 0 aromatic carbocycles. The van der Waals surface area contributed by atoms with Crippen LogP contribution in [0.3, 0.4) is 0 Å². The van der Waals surface area contributed by atoms with E-state index in [-0.39, 0.29) is 11.9 Å². The lowest BCUT2D eigenvalue weighted by molar-refractivity contribution is -0.138. The smallest absolute Gasteiger partial charge is 0.225 e. The summed E-state index contributed by atoms with van der Waals surface area (Å²) in [5.41, 5.74) is -0.409. The van der Waals surface area contributed by atoms with Gasteiger partial charge in [0.05, 0.1) is 24.1 Å². The van der Waals surface area contributed by atoms with E-state index in [2.05, 4.69) is 11.0 Å². The van der Waals surface area contributed by atoms with E-state index in [1.165, 1.54) is 0 Å². The van der Waals surface area contributed by atoms with Gasteiger partial charge >= 0.3 is 0 Å². The van der Waals surface area contributed by atoms with Crippen molar-refractivity contribution in [3.05, 3.63) is 0 Å². The number of amides is 1. The molecule has 1 saturated heterocycles. The zero-order chi connectivity index (χ0) is 13.8. The van der Waals surface area contributed by atoms with Crippen LogP contribution in [0.15, 0.2) is 0 Å². The molecule has 1 rings (SSSR count). The molecule has 5 nitrogen and oxygen atoms in total. The van der Waals surface area contributed by atoms with E-state index in [0.717, 1.165) is 13.1 Å². The van der Waals surface area contributed by atoms with Gasteiger partial charge < -0.3 is 9.64 Å². The molecule has 1 aliphatic rings. The molecular formula is C13H23N3O2. The van der Waals surface area contributed by atoms with Gasteiger partial charge in [0.2, 0.25) is 5.91 Å². The fourth-order valence-corrected chi connectivity index (χ4v) is 1.99. The number of carbonyl (C=O) groups is 1. The maximum atomic E-state index is 12.1. The minimum Gasteiger partial charge on any atom is -0.378 e. The Hall–Kier alpha value is -1.12. The first kappa shape index (κ1) is 14.9. The SMILES string of the molecule is COC(C)(C)CC(=O)N1CCN(C(C)C#N)CC1. The van der Waals surface area contributed by atoms with Crippen LogP contribution in [-0.4, -0.2) is 60.6 Å². The van der Waals surface area contributed by atoms with Crippen LogP contribution in [0.25, 0.3) is 0 Å². The van der Waals surface area contributed by atoms with Crippen molar-refractivity contribution in [3.8, 4) is 6.07 Å². The Bertz CT molecular complexity index is 328. The lowest BCUT2D eigenvalue weighted by Gasteiger charge is -2.37. The maximum Gasteiger partial charge on any atom is 0.225 e. The second-order valence-electron chi connectivity index (χ2n) is 5.36. The van der Waals surface area contributed by atoms with Crippen LogP contribution in [0.1, 0.15) is 27.2 Å². The van der Waals surface area contributed by atoms with Crippen molar-refractivity contribution in [2.75, 3.05) is 33.3 Å². The van der Waals surface area contributed by atoms with Gasteiger partial charge in [0, 0.05) is 33.3 Å². The molecule has 1 atom stereocenters. The van der Waals surface area contributed by atoms with E-state index < -0.39 is 5.60 Å². The number of methoxy groups -OCH3 is 1. The number of carbonyl (C=O) groups excluding carboxylic acids is 1. The molecule has 1 heterocycles. The molecule has 0 bridgehead atoms. The highest BCUT2D eigenvalue weighted by molar-refractivity contribution is 5.77. The van der Waals surface area contributed by atoms with Gasteiger partial charge in [-0.1, -0.05) is 0 Å². The lowest BCUT2D eigenvalue weighted by atomic mass is 10.0. The molecule has 0 aromatic heterocycles. The van der Waals surface area contributed by atoms with E-state index >= 15 is 0 Å². The third-order valence-corrected chi connectivity index (χ3v) is 3.53. The Morgan fingerprint density at radius 2 is 1.94 bits per heavy atom. The van der Waals surface area contributed by atoms with Crippen molar-refractivity contribution in [2.24, 2.45) is 0 Å². The first-order valence-electron chi connectivity index (χ1n) is 6.36. The van der Waals surface area contributed by atoms with E-state index in [0.29, 0.717) is 19.5 Å². The van der Waals surface area contributed by atoms with Crippen LogP contribution in [0, 0.1) is 11.3 Å². The standard InChI is InChI=1S/C13H23N3O2/c1-11(10-14)15-5-7-16(8-6-15)12(17)9-13(2,3)18-4/h11H,5-9H2,1-4H3. The van der Waals surface area contributed by atoms with E-state index in [9.17, 15) is 4.79 Å².